The fourth-order valence-corrected chi connectivity index (χ4v) is 5.31. The van der Waals surface area contributed by atoms with E-state index in [0.29, 0.717) is 43.9 Å². The van der Waals surface area contributed by atoms with Crippen molar-refractivity contribution in [2.75, 3.05) is 39.5 Å². The number of aryl methyl sites for hydroxylation is 1. The number of ketones is 1. The van der Waals surface area contributed by atoms with E-state index in [-0.39, 0.29) is 17.6 Å². The molecule has 2 N–H and O–H groups in total. The largest absolute Gasteiger partial charge is 0.382 e. The van der Waals surface area contributed by atoms with E-state index in [4.69, 9.17) is 5.73 Å². The van der Waals surface area contributed by atoms with Crippen LogP contribution < -0.4 is 5.73 Å². The number of carbonyl (C=O) groups excluding carboxylic acids is 2. The third-order valence-electron chi connectivity index (χ3n) is 7.31. The quantitative estimate of drug-likeness (QED) is 0.359. The first-order chi connectivity index (χ1) is 18.4. The van der Waals surface area contributed by atoms with E-state index >= 15 is 0 Å². The van der Waals surface area contributed by atoms with Gasteiger partial charge in [0.2, 0.25) is 5.91 Å². The van der Waals surface area contributed by atoms with Gasteiger partial charge >= 0.3 is 0 Å². The normalized spacial score (nSPS) is 14.3. The molecule has 0 bridgehead atoms. The highest BCUT2D eigenvalue weighted by Gasteiger charge is 2.28. The second-order valence-corrected chi connectivity index (χ2v) is 10.3. The van der Waals surface area contributed by atoms with Crippen molar-refractivity contribution >= 4 is 23.0 Å². The van der Waals surface area contributed by atoms with Crippen molar-refractivity contribution in [3.05, 3.63) is 83.8 Å². The summed E-state index contributed by atoms with van der Waals surface area (Å²) in [5.74, 6) is 0.915. The molecule has 0 atom stereocenters. The Morgan fingerprint density at radius 3 is 2.53 bits per heavy atom. The molecule has 38 heavy (non-hydrogen) atoms. The smallest absolute Gasteiger partial charge is 0.236 e. The molecule has 0 saturated carbocycles. The number of aromatic nitrogens is 3. The van der Waals surface area contributed by atoms with E-state index in [1.54, 1.807) is 0 Å². The van der Waals surface area contributed by atoms with Crippen LogP contribution in [0.25, 0.3) is 16.6 Å². The van der Waals surface area contributed by atoms with Crippen molar-refractivity contribution < 1.29 is 9.59 Å². The van der Waals surface area contributed by atoms with Gasteiger partial charge < -0.3 is 15.5 Å². The van der Waals surface area contributed by atoms with Crippen molar-refractivity contribution in [3.63, 3.8) is 0 Å². The Morgan fingerprint density at radius 1 is 1.03 bits per heavy atom. The van der Waals surface area contributed by atoms with Crippen LogP contribution in [0.4, 0.5) is 5.82 Å². The molecule has 8 heteroatoms. The van der Waals surface area contributed by atoms with Gasteiger partial charge in [0, 0.05) is 42.2 Å². The molecule has 0 unspecified atom stereocenters. The first-order valence-electron chi connectivity index (χ1n) is 13.1. The zero-order chi connectivity index (χ0) is 26.6. The van der Waals surface area contributed by atoms with Crippen LogP contribution in [0, 0.1) is 0 Å². The summed E-state index contributed by atoms with van der Waals surface area (Å²) < 4.78 is 1.89. The molecule has 3 heterocycles. The molecular formula is C30H34N6O2. The predicted molar refractivity (Wildman–Crippen MR) is 149 cm³/mol. The summed E-state index contributed by atoms with van der Waals surface area (Å²) in [6, 6.07) is 19.9. The number of nitrogens with two attached hydrogens (primary N) is 1. The lowest BCUT2D eigenvalue weighted by Crippen LogP contribution is -2.42. The molecule has 8 nitrogen and oxygen atoms in total. The fourth-order valence-electron chi connectivity index (χ4n) is 5.31. The number of likely N-dealkylation sites (tertiary alicyclic amines) is 1. The van der Waals surface area contributed by atoms with Gasteiger partial charge in [-0.3, -0.25) is 9.59 Å². The lowest BCUT2D eigenvalue weighted by molar-refractivity contribution is -0.132. The summed E-state index contributed by atoms with van der Waals surface area (Å²) in [6.07, 6.45) is 4.35. The van der Waals surface area contributed by atoms with Crippen LogP contribution in [0.1, 0.15) is 46.8 Å². The van der Waals surface area contributed by atoms with Crippen LogP contribution >= 0.6 is 0 Å². The van der Waals surface area contributed by atoms with Gasteiger partial charge in [0.1, 0.15) is 11.8 Å². The van der Waals surface area contributed by atoms with Gasteiger partial charge in [-0.15, -0.1) is 0 Å². The number of nitrogens with zero attached hydrogens (tertiary/aromatic N) is 5. The molecule has 5 rings (SSSR count). The summed E-state index contributed by atoms with van der Waals surface area (Å²) in [5, 5.41) is 4.55. The molecule has 196 valence electrons. The lowest BCUT2D eigenvalue weighted by atomic mass is 9.92. The molecule has 1 fully saturated rings. The lowest BCUT2D eigenvalue weighted by Gasteiger charge is -2.32. The molecule has 1 amide bonds. The second kappa shape index (κ2) is 11.1. The molecule has 4 aromatic rings. The Labute approximate surface area is 223 Å². The van der Waals surface area contributed by atoms with Gasteiger partial charge in [-0.05, 0) is 56.6 Å². The SMILES string of the molecule is CN(C)CC(=O)N1CCC(c2cc(-c3cccc(C(=O)CCc4ccccc4)c3)c3c(N)ncnn23)CC1. The van der Waals surface area contributed by atoms with Crippen molar-refractivity contribution in [1.29, 1.82) is 0 Å². The van der Waals surface area contributed by atoms with Gasteiger partial charge in [0.05, 0.1) is 6.54 Å². The van der Waals surface area contributed by atoms with E-state index < -0.39 is 0 Å². The molecule has 0 radical (unpaired) electrons. The van der Waals surface area contributed by atoms with Gasteiger partial charge in [0.15, 0.2) is 11.6 Å². The van der Waals surface area contributed by atoms with Crippen LogP contribution in [0.2, 0.25) is 0 Å². The maximum absolute atomic E-state index is 13.0. The minimum atomic E-state index is 0.110. The summed E-state index contributed by atoms with van der Waals surface area (Å²) in [4.78, 5) is 33.7. The number of fused-ring (bicyclic) bond motifs is 1. The number of Topliss-reactive ketones (excluding diaryl/α,β-unsaturated/α-hetero) is 1. The minimum Gasteiger partial charge on any atom is -0.382 e. The number of anilines is 1. The maximum Gasteiger partial charge on any atom is 0.236 e. The van der Waals surface area contributed by atoms with Crippen molar-refractivity contribution in [2.24, 2.45) is 0 Å². The first kappa shape index (κ1) is 25.6. The summed E-state index contributed by atoms with van der Waals surface area (Å²) in [5.41, 5.74) is 11.8. The molecule has 2 aromatic carbocycles. The molecule has 0 aliphatic carbocycles. The Bertz CT molecular complexity index is 1440. The second-order valence-electron chi connectivity index (χ2n) is 10.3. The Hall–Kier alpha value is -4.04. The van der Waals surface area contributed by atoms with Crippen LogP contribution in [0.3, 0.4) is 0 Å². The zero-order valence-electron chi connectivity index (χ0n) is 22.0. The standard InChI is InChI=1S/C30H34N6O2/c1-34(2)19-28(38)35-15-13-22(14-16-35)26-18-25(29-30(31)32-20-33-36(26)29)23-9-6-10-24(17-23)27(37)12-11-21-7-4-3-5-8-21/h3-10,17-18,20,22H,11-16,19H2,1-2H3,(H2,31,32,33). The number of amides is 1. The fraction of sp³-hybridized carbons (Fsp3) is 0.333. The third kappa shape index (κ3) is 5.45. The molecule has 2 aromatic heterocycles. The van der Waals surface area contributed by atoms with Gasteiger partial charge in [0.25, 0.3) is 0 Å². The number of carbonyl (C=O) groups is 2. The molecule has 0 spiro atoms. The Balaban J connectivity index is 1.40. The minimum absolute atomic E-state index is 0.110. The molecule has 1 aliphatic rings. The van der Waals surface area contributed by atoms with Gasteiger partial charge in [-0.2, -0.15) is 5.10 Å². The summed E-state index contributed by atoms with van der Waals surface area (Å²) in [6.45, 7) is 1.85. The number of nitrogen functional groups attached to an aromatic ring is 1. The molecular weight excluding hydrogens is 476 g/mol. The van der Waals surface area contributed by atoms with Crippen LogP contribution in [0.5, 0.6) is 0 Å². The van der Waals surface area contributed by atoms with Crippen molar-refractivity contribution in [3.8, 4) is 11.1 Å². The molecule has 1 saturated heterocycles. The number of hydrogen-bond acceptors (Lipinski definition) is 6. The highest BCUT2D eigenvalue weighted by molar-refractivity contribution is 5.98. The number of likely N-dealkylation sites (N-methyl/N-ethyl adjacent to an activating group) is 1. The van der Waals surface area contributed by atoms with E-state index in [9.17, 15) is 9.59 Å². The predicted octanol–water partition coefficient (Wildman–Crippen LogP) is 4.06. The number of benzene rings is 2. The Morgan fingerprint density at radius 2 is 1.79 bits per heavy atom. The maximum atomic E-state index is 13.0. The highest BCUT2D eigenvalue weighted by atomic mass is 16.2. The average Bonchev–Trinajstić information content (AvgIpc) is 3.33. The summed E-state index contributed by atoms with van der Waals surface area (Å²) in [7, 11) is 3.82. The van der Waals surface area contributed by atoms with Crippen LogP contribution in [-0.2, 0) is 11.2 Å². The topological polar surface area (TPSA) is 96.8 Å². The van der Waals surface area contributed by atoms with Crippen LogP contribution in [-0.4, -0.2) is 69.8 Å². The molecule has 1 aliphatic heterocycles. The van der Waals surface area contributed by atoms with Crippen LogP contribution in [0.15, 0.2) is 67.0 Å². The number of piperidine rings is 1. The number of rotatable bonds is 8. The van der Waals surface area contributed by atoms with Gasteiger partial charge in [-0.1, -0.05) is 48.5 Å². The van der Waals surface area contributed by atoms with E-state index in [2.05, 4.69) is 16.1 Å². The summed E-state index contributed by atoms with van der Waals surface area (Å²) >= 11 is 0. The van der Waals surface area contributed by atoms with E-state index in [1.807, 2.05) is 83.0 Å². The third-order valence-corrected chi connectivity index (χ3v) is 7.31. The monoisotopic (exact) mass is 510 g/mol. The Kier molecular flexibility index (Phi) is 7.51. The van der Waals surface area contributed by atoms with Crippen molar-refractivity contribution in [1.82, 2.24) is 24.4 Å². The zero-order valence-corrected chi connectivity index (χ0v) is 22.0. The van der Waals surface area contributed by atoms with E-state index in [0.717, 1.165) is 40.7 Å². The van der Waals surface area contributed by atoms with E-state index in [1.165, 1.54) is 6.33 Å². The highest BCUT2D eigenvalue weighted by Crippen LogP contribution is 2.37. The first-order valence-corrected chi connectivity index (χ1v) is 13.1. The van der Waals surface area contributed by atoms with Gasteiger partial charge in [-0.25, -0.2) is 9.50 Å². The average molecular weight is 511 g/mol. The van der Waals surface area contributed by atoms with Crippen molar-refractivity contribution in [2.45, 2.75) is 31.6 Å². The number of hydrogen-bond donors (Lipinski definition) is 1.